The molecule has 1 N–H and O–H groups in total. The Hall–Kier alpha value is -2.75. The van der Waals surface area contributed by atoms with E-state index in [2.05, 4.69) is 47.5 Å². The quantitative estimate of drug-likeness (QED) is 0.130. The first-order valence-electron chi connectivity index (χ1n) is 14.1. The summed E-state index contributed by atoms with van der Waals surface area (Å²) in [6.45, 7) is 18.8. The number of amides is 1. The lowest BCUT2D eigenvalue weighted by molar-refractivity contribution is -0.113. The molecule has 3 atom stereocenters. The molecule has 1 heterocycles. The van der Waals surface area contributed by atoms with E-state index in [1.807, 2.05) is 13.0 Å². The van der Waals surface area contributed by atoms with Crippen LogP contribution in [0.2, 0.25) is 0 Å². The highest BCUT2D eigenvalue weighted by atomic mass is 31.2. The summed E-state index contributed by atoms with van der Waals surface area (Å²) in [7, 11) is 0.133. The number of nitrogens with zero attached hydrogens (tertiary/aromatic N) is 4. The third-order valence-electron chi connectivity index (χ3n) is 5.94. The lowest BCUT2D eigenvalue weighted by Crippen LogP contribution is -2.36. The van der Waals surface area contributed by atoms with Gasteiger partial charge in [-0.1, -0.05) is 25.1 Å². The van der Waals surface area contributed by atoms with Crippen LogP contribution >= 0.6 is 8.53 Å². The van der Waals surface area contributed by atoms with E-state index in [-0.39, 0.29) is 50.2 Å². The number of carbonyl (C=O) groups excluding carboxylic acids is 1. The molecule has 1 aromatic carbocycles. The normalized spacial score (nSPS) is 13.7. The average molecular weight is 606 g/mol. The summed E-state index contributed by atoms with van der Waals surface area (Å²) in [5.41, 5.74) is -0.152. The number of methoxy groups -OCH3 is 1. The first-order chi connectivity index (χ1) is 20.2. The highest BCUT2D eigenvalue weighted by Gasteiger charge is 2.29. The van der Waals surface area contributed by atoms with Crippen molar-refractivity contribution in [2.24, 2.45) is 0 Å². The molecule has 0 aliphatic rings. The Balaban J connectivity index is 2.19. The predicted molar refractivity (Wildman–Crippen MR) is 162 cm³/mol. The standard InChI is InChI=1S/C29H44N5O7P/c1-8-25(20-40-42(39-17-15-30-6)34(22(2)3)23(4)5)41-27(21-38-19-18-37-7)33-16-14-26(32-29(33)36)31-28(35)24-12-10-9-11-13-24/h9-14,16,22-23,25,27H,8,15,17-21H2,1-5,7H3,(H,31,32,35,36)/t25-,27-,42?/m1/s1. The molecule has 1 aromatic heterocycles. The molecule has 0 aliphatic heterocycles. The fraction of sp³-hybridized carbons (Fsp3) is 0.586. The van der Waals surface area contributed by atoms with Crippen LogP contribution in [0.4, 0.5) is 5.82 Å². The van der Waals surface area contributed by atoms with Crippen molar-refractivity contribution < 1.29 is 28.1 Å². The minimum atomic E-state index is -1.45. The van der Waals surface area contributed by atoms with Crippen molar-refractivity contribution in [3.63, 3.8) is 0 Å². The van der Waals surface area contributed by atoms with Crippen molar-refractivity contribution in [2.45, 2.75) is 65.5 Å². The summed E-state index contributed by atoms with van der Waals surface area (Å²) < 4.78 is 32.9. The summed E-state index contributed by atoms with van der Waals surface area (Å²) in [5, 5.41) is 2.65. The second-order valence-corrected chi connectivity index (χ2v) is 11.3. The molecule has 0 saturated heterocycles. The number of aromatic nitrogens is 2. The topological polar surface area (TPSA) is 118 Å². The van der Waals surface area contributed by atoms with E-state index in [0.717, 1.165) is 0 Å². The van der Waals surface area contributed by atoms with Crippen LogP contribution in [0.25, 0.3) is 4.85 Å². The molecular formula is C29H44N5O7P. The summed E-state index contributed by atoms with van der Waals surface area (Å²) in [6.07, 6.45) is 0.903. The van der Waals surface area contributed by atoms with Gasteiger partial charge in [0.15, 0.2) is 6.23 Å². The van der Waals surface area contributed by atoms with E-state index in [1.165, 1.54) is 10.8 Å². The molecule has 2 rings (SSSR count). The maximum absolute atomic E-state index is 13.1. The van der Waals surface area contributed by atoms with Gasteiger partial charge in [-0.25, -0.2) is 16.0 Å². The Morgan fingerprint density at radius 2 is 1.79 bits per heavy atom. The van der Waals surface area contributed by atoms with Gasteiger partial charge in [0.2, 0.25) is 6.54 Å². The zero-order valence-electron chi connectivity index (χ0n) is 25.4. The summed E-state index contributed by atoms with van der Waals surface area (Å²) in [6, 6.07) is 10.5. The molecule has 0 fully saturated rings. The SMILES string of the molecule is [C-]#[N+]CCOP(OC[C@@H](CC)O[C@H](COCCOC)n1ccc(NC(=O)c2ccccc2)nc1=O)N(C(C)C)C(C)C. The number of benzene rings is 1. The van der Waals surface area contributed by atoms with Crippen molar-refractivity contribution in [1.82, 2.24) is 14.2 Å². The number of hydrogen-bond donors (Lipinski definition) is 1. The Bertz CT molecular complexity index is 1150. The molecule has 0 aliphatic carbocycles. The largest absolute Gasteiger partial charge is 0.382 e. The van der Waals surface area contributed by atoms with Crippen molar-refractivity contribution in [3.05, 3.63) is 70.1 Å². The molecule has 0 radical (unpaired) electrons. The Morgan fingerprint density at radius 3 is 2.38 bits per heavy atom. The second-order valence-electron chi connectivity index (χ2n) is 9.83. The van der Waals surface area contributed by atoms with Gasteiger partial charge in [-0.15, -0.1) is 0 Å². The van der Waals surface area contributed by atoms with Gasteiger partial charge in [-0.3, -0.25) is 9.36 Å². The van der Waals surface area contributed by atoms with E-state index in [4.69, 9.17) is 29.8 Å². The molecule has 1 amide bonds. The highest BCUT2D eigenvalue weighted by Crippen LogP contribution is 2.46. The Morgan fingerprint density at radius 1 is 1.07 bits per heavy atom. The molecular weight excluding hydrogens is 561 g/mol. The zero-order chi connectivity index (χ0) is 30.9. The first-order valence-corrected chi connectivity index (χ1v) is 15.2. The van der Waals surface area contributed by atoms with Crippen LogP contribution in [0.5, 0.6) is 0 Å². The van der Waals surface area contributed by atoms with Crippen LogP contribution in [-0.2, 0) is 23.3 Å². The van der Waals surface area contributed by atoms with Crippen molar-refractivity contribution in [3.8, 4) is 0 Å². The van der Waals surface area contributed by atoms with Crippen LogP contribution in [0.3, 0.4) is 0 Å². The third-order valence-corrected chi connectivity index (χ3v) is 8.01. The zero-order valence-corrected chi connectivity index (χ0v) is 26.3. The monoisotopic (exact) mass is 605 g/mol. The number of carbonyl (C=O) groups is 1. The predicted octanol–water partition coefficient (Wildman–Crippen LogP) is 4.75. The van der Waals surface area contributed by atoms with Gasteiger partial charge < -0.3 is 33.4 Å². The second kappa shape index (κ2) is 19.4. The van der Waals surface area contributed by atoms with Gasteiger partial charge in [0.25, 0.3) is 14.4 Å². The van der Waals surface area contributed by atoms with Crippen LogP contribution < -0.4 is 11.0 Å². The minimum absolute atomic E-state index is 0.0670. The van der Waals surface area contributed by atoms with Gasteiger partial charge in [0.1, 0.15) is 12.4 Å². The number of nitrogens with one attached hydrogen (secondary N) is 1. The van der Waals surface area contributed by atoms with Crippen LogP contribution in [0.1, 0.15) is 57.6 Å². The smallest absolute Gasteiger partial charge is 0.351 e. The molecule has 0 spiro atoms. The van der Waals surface area contributed by atoms with Gasteiger partial charge in [0, 0.05) is 31.0 Å². The van der Waals surface area contributed by atoms with E-state index >= 15 is 0 Å². The summed E-state index contributed by atoms with van der Waals surface area (Å²) in [5.74, 6) is -0.240. The molecule has 2 aromatic rings. The minimum Gasteiger partial charge on any atom is -0.382 e. The molecule has 13 heteroatoms. The van der Waals surface area contributed by atoms with Crippen molar-refractivity contribution in [1.29, 1.82) is 0 Å². The molecule has 42 heavy (non-hydrogen) atoms. The van der Waals surface area contributed by atoms with Gasteiger partial charge >= 0.3 is 5.69 Å². The third kappa shape index (κ3) is 11.9. The number of rotatable bonds is 20. The lowest BCUT2D eigenvalue weighted by atomic mass is 10.2. The number of hydrogen-bond acceptors (Lipinski definition) is 9. The summed E-state index contributed by atoms with van der Waals surface area (Å²) >= 11 is 0. The van der Waals surface area contributed by atoms with E-state index in [0.29, 0.717) is 25.2 Å². The van der Waals surface area contributed by atoms with Crippen molar-refractivity contribution in [2.75, 3.05) is 52.0 Å². The molecule has 12 nitrogen and oxygen atoms in total. The number of anilines is 1. The molecule has 0 saturated carbocycles. The number of ether oxygens (including phenoxy) is 3. The van der Waals surface area contributed by atoms with Crippen LogP contribution in [-0.4, -0.2) is 85.0 Å². The molecule has 0 bridgehead atoms. The van der Waals surface area contributed by atoms with E-state index in [1.54, 1.807) is 37.4 Å². The van der Waals surface area contributed by atoms with Crippen LogP contribution in [0, 0.1) is 6.57 Å². The average Bonchev–Trinajstić information content (AvgIpc) is 2.96. The first kappa shape index (κ1) is 35.4. The van der Waals surface area contributed by atoms with Crippen LogP contribution in [0.15, 0.2) is 47.4 Å². The maximum Gasteiger partial charge on any atom is 0.351 e. The molecule has 1 unspecified atom stereocenters. The van der Waals surface area contributed by atoms with Gasteiger partial charge in [-0.2, -0.15) is 4.98 Å². The summed E-state index contributed by atoms with van der Waals surface area (Å²) in [4.78, 5) is 33.0. The molecule has 232 valence electrons. The Kier molecular flexibility index (Phi) is 16.4. The fourth-order valence-electron chi connectivity index (χ4n) is 3.92. The maximum atomic E-state index is 13.1. The van der Waals surface area contributed by atoms with Gasteiger partial charge in [0.05, 0.1) is 32.5 Å². The van der Waals surface area contributed by atoms with E-state index in [9.17, 15) is 9.59 Å². The van der Waals surface area contributed by atoms with Crippen molar-refractivity contribution >= 4 is 20.3 Å². The highest BCUT2D eigenvalue weighted by molar-refractivity contribution is 7.44. The lowest BCUT2D eigenvalue weighted by Gasteiger charge is -2.36. The van der Waals surface area contributed by atoms with Gasteiger partial charge in [-0.05, 0) is 52.3 Å². The van der Waals surface area contributed by atoms with E-state index < -0.39 is 26.5 Å². The fourth-order valence-corrected chi connectivity index (χ4v) is 5.55. The Labute approximate surface area is 250 Å².